The van der Waals surface area contributed by atoms with Gasteiger partial charge in [-0.1, -0.05) is 27.7 Å². The molecule has 0 bridgehead atoms. The molecule has 1 aromatic heterocycles. The van der Waals surface area contributed by atoms with E-state index in [0.717, 1.165) is 5.69 Å². The van der Waals surface area contributed by atoms with Crippen molar-refractivity contribution in [1.29, 1.82) is 0 Å². The lowest BCUT2D eigenvalue weighted by molar-refractivity contribution is 0.719. The van der Waals surface area contributed by atoms with Gasteiger partial charge in [0.15, 0.2) is 0 Å². The van der Waals surface area contributed by atoms with Crippen molar-refractivity contribution in [3.63, 3.8) is 0 Å². The minimum Gasteiger partial charge on any atom is -0.316 e. The highest BCUT2D eigenvalue weighted by Gasteiger charge is 2.15. The van der Waals surface area contributed by atoms with E-state index in [2.05, 4.69) is 27.7 Å². The second-order valence-corrected chi connectivity index (χ2v) is 4.81. The summed E-state index contributed by atoms with van der Waals surface area (Å²) >= 11 is 0. The van der Waals surface area contributed by atoms with Crippen LogP contribution in [0, 0.1) is 6.92 Å². The first-order chi connectivity index (χ1) is 6.86. The fourth-order valence-corrected chi connectivity index (χ4v) is 2.09. The molecule has 2 nitrogen and oxygen atoms in total. The van der Waals surface area contributed by atoms with Crippen LogP contribution in [0.25, 0.3) is 0 Å². The van der Waals surface area contributed by atoms with Gasteiger partial charge in [-0.2, -0.15) is 0 Å². The van der Waals surface area contributed by atoms with Gasteiger partial charge in [0.2, 0.25) is 0 Å². The Bertz CT molecular complexity index is 413. The quantitative estimate of drug-likeness (QED) is 0.731. The van der Waals surface area contributed by atoms with E-state index >= 15 is 0 Å². The summed E-state index contributed by atoms with van der Waals surface area (Å²) in [5.74, 6) is 0.879. The van der Waals surface area contributed by atoms with Crippen molar-refractivity contribution in [3.8, 4) is 0 Å². The second kappa shape index (κ2) is 4.21. The van der Waals surface area contributed by atoms with E-state index in [1.807, 2.05) is 14.0 Å². The first-order valence-electron chi connectivity index (χ1n) is 5.56. The van der Waals surface area contributed by atoms with Crippen LogP contribution in [0.4, 0.5) is 0 Å². The van der Waals surface area contributed by atoms with Gasteiger partial charge in [0.05, 0.1) is 0 Å². The van der Waals surface area contributed by atoms with Gasteiger partial charge in [0, 0.05) is 18.8 Å². The fraction of sp³-hybridized carbons (Fsp3) is 0.615. The van der Waals surface area contributed by atoms with Crippen molar-refractivity contribution < 1.29 is 0 Å². The summed E-state index contributed by atoms with van der Waals surface area (Å²) < 4.78 is 1.74. The Labute approximate surface area is 91.9 Å². The molecule has 0 amide bonds. The van der Waals surface area contributed by atoms with Crippen molar-refractivity contribution in [2.75, 3.05) is 0 Å². The Morgan fingerprint density at radius 2 is 1.67 bits per heavy atom. The number of hydrogen-bond acceptors (Lipinski definition) is 1. The van der Waals surface area contributed by atoms with Gasteiger partial charge in [-0.15, -0.1) is 0 Å². The molecule has 0 unspecified atom stereocenters. The third-order valence-electron chi connectivity index (χ3n) is 3.01. The van der Waals surface area contributed by atoms with Gasteiger partial charge >= 0.3 is 0 Å². The maximum absolute atomic E-state index is 11.7. The van der Waals surface area contributed by atoms with Crippen LogP contribution >= 0.6 is 0 Å². The summed E-state index contributed by atoms with van der Waals surface area (Å²) in [6.07, 6.45) is 0. The third kappa shape index (κ3) is 2.14. The molecule has 84 valence electrons. The zero-order valence-corrected chi connectivity index (χ0v) is 10.6. The lowest BCUT2D eigenvalue weighted by Crippen LogP contribution is -2.22. The van der Waals surface area contributed by atoms with Crippen LogP contribution in [-0.2, 0) is 7.05 Å². The van der Waals surface area contributed by atoms with Crippen LogP contribution in [0.5, 0.6) is 0 Å². The van der Waals surface area contributed by atoms with Gasteiger partial charge in [-0.05, 0) is 29.9 Å². The Hall–Kier alpha value is -1.05. The molecule has 0 aliphatic rings. The lowest BCUT2D eigenvalue weighted by Gasteiger charge is -2.20. The predicted octanol–water partition coefficient (Wildman–Crippen LogP) is 2.94. The van der Waals surface area contributed by atoms with Crippen molar-refractivity contribution >= 4 is 0 Å². The average Bonchev–Trinajstić information content (AvgIpc) is 2.12. The van der Waals surface area contributed by atoms with E-state index in [-0.39, 0.29) is 5.56 Å². The first kappa shape index (κ1) is 12.0. The number of nitrogens with zero attached hydrogens (tertiary/aromatic N) is 1. The average molecular weight is 207 g/mol. The Morgan fingerprint density at radius 1 is 1.13 bits per heavy atom. The molecule has 1 aromatic rings. The maximum Gasteiger partial charge on any atom is 0.250 e. The van der Waals surface area contributed by atoms with Gasteiger partial charge in [0.25, 0.3) is 5.56 Å². The van der Waals surface area contributed by atoms with Crippen LogP contribution in [0.2, 0.25) is 0 Å². The molecule has 0 N–H and O–H groups in total. The Kier molecular flexibility index (Phi) is 3.38. The van der Waals surface area contributed by atoms with E-state index in [4.69, 9.17) is 0 Å². The highest BCUT2D eigenvalue weighted by molar-refractivity contribution is 5.35. The van der Waals surface area contributed by atoms with Crippen molar-refractivity contribution in [3.05, 3.63) is 33.2 Å². The van der Waals surface area contributed by atoms with Crippen LogP contribution in [0.1, 0.15) is 56.4 Å². The van der Waals surface area contributed by atoms with Crippen LogP contribution in [0.3, 0.4) is 0 Å². The van der Waals surface area contributed by atoms with Crippen molar-refractivity contribution in [2.45, 2.75) is 46.5 Å². The molecule has 0 aliphatic heterocycles. The molecule has 0 saturated carbocycles. The predicted molar refractivity (Wildman–Crippen MR) is 64.6 cm³/mol. The number of aromatic nitrogens is 1. The molecule has 2 heteroatoms. The van der Waals surface area contributed by atoms with Gasteiger partial charge in [0.1, 0.15) is 0 Å². The van der Waals surface area contributed by atoms with Crippen LogP contribution < -0.4 is 5.56 Å². The summed E-state index contributed by atoms with van der Waals surface area (Å²) in [7, 11) is 1.84. The monoisotopic (exact) mass is 207 g/mol. The van der Waals surface area contributed by atoms with E-state index in [9.17, 15) is 4.79 Å². The summed E-state index contributed by atoms with van der Waals surface area (Å²) in [4.78, 5) is 11.7. The van der Waals surface area contributed by atoms with Crippen molar-refractivity contribution in [2.24, 2.45) is 7.05 Å². The van der Waals surface area contributed by atoms with Gasteiger partial charge in [-0.3, -0.25) is 4.79 Å². The number of pyridine rings is 1. The summed E-state index contributed by atoms with van der Waals surface area (Å²) in [6, 6.07) is 1.78. The molecular formula is C13H21NO. The van der Waals surface area contributed by atoms with E-state index < -0.39 is 0 Å². The summed E-state index contributed by atoms with van der Waals surface area (Å²) in [5, 5.41) is 0. The maximum atomic E-state index is 11.7. The van der Waals surface area contributed by atoms with Gasteiger partial charge in [-0.25, -0.2) is 0 Å². The lowest BCUT2D eigenvalue weighted by atomic mass is 9.90. The van der Waals surface area contributed by atoms with Crippen LogP contribution in [-0.4, -0.2) is 4.57 Å². The molecular weight excluding hydrogens is 186 g/mol. The summed E-state index contributed by atoms with van der Waals surface area (Å²) in [5.41, 5.74) is 3.72. The molecule has 0 radical (unpaired) electrons. The zero-order chi connectivity index (χ0) is 11.7. The smallest absolute Gasteiger partial charge is 0.250 e. The zero-order valence-electron chi connectivity index (χ0n) is 10.6. The fourth-order valence-electron chi connectivity index (χ4n) is 2.09. The standard InChI is InChI=1S/C13H21NO/c1-8(2)11-7-12(15)14(6)10(5)13(11)9(3)4/h7-9H,1-6H3. The molecule has 1 heterocycles. The topological polar surface area (TPSA) is 22.0 Å². The van der Waals surface area contributed by atoms with E-state index in [1.165, 1.54) is 11.1 Å². The molecule has 15 heavy (non-hydrogen) atoms. The molecule has 1 rings (SSSR count). The summed E-state index contributed by atoms with van der Waals surface area (Å²) in [6.45, 7) is 10.7. The SMILES string of the molecule is Cc1c(C(C)C)c(C(C)C)cc(=O)n1C. The minimum atomic E-state index is 0.0978. The van der Waals surface area contributed by atoms with E-state index in [1.54, 1.807) is 10.6 Å². The number of hydrogen-bond donors (Lipinski definition) is 0. The molecule has 0 atom stereocenters. The largest absolute Gasteiger partial charge is 0.316 e. The molecule has 0 aliphatic carbocycles. The molecule has 0 spiro atoms. The first-order valence-corrected chi connectivity index (χ1v) is 5.56. The molecule has 0 aromatic carbocycles. The third-order valence-corrected chi connectivity index (χ3v) is 3.01. The highest BCUT2D eigenvalue weighted by Crippen LogP contribution is 2.27. The normalized spacial score (nSPS) is 11.5. The highest BCUT2D eigenvalue weighted by atomic mass is 16.1. The Morgan fingerprint density at radius 3 is 2.07 bits per heavy atom. The van der Waals surface area contributed by atoms with E-state index in [0.29, 0.717) is 11.8 Å². The van der Waals surface area contributed by atoms with Gasteiger partial charge < -0.3 is 4.57 Å². The van der Waals surface area contributed by atoms with Crippen molar-refractivity contribution in [1.82, 2.24) is 4.57 Å². The molecule has 0 fully saturated rings. The minimum absolute atomic E-state index is 0.0978. The van der Waals surface area contributed by atoms with Crippen LogP contribution in [0.15, 0.2) is 10.9 Å². The Balaban J connectivity index is 3.58. The number of rotatable bonds is 2. The second-order valence-electron chi connectivity index (χ2n) is 4.81. The molecule has 0 saturated heterocycles.